The van der Waals surface area contributed by atoms with Gasteiger partial charge in [-0.25, -0.2) is 0 Å². The van der Waals surface area contributed by atoms with Crippen molar-refractivity contribution in [3.63, 3.8) is 0 Å². The zero-order valence-electron chi connectivity index (χ0n) is 14.3. The van der Waals surface area contributed by atoms with Crippen LogP contribution in [0.25, 0.3) is 0 Å². The number of hydrogen-bond acceptors (Lipinski definition) is 7. The third-order valence-electron chi connectivity index (χ3n) is 4.31. The van der Waals surface area contributed by atoms with Gasteiger partial charge in [-0.05, 0) is 39.7 Å². The van der Waals surface area contributed by atoms with Gasteiger partial charge in [0.25, 0.3) is 0 Å². The van der Waals surface area contributed by atoms with Gasteiger partial charge in [0.15, 0.2) is 0 Å². The summed E-state index contributed by atoms with van der Waals surface area (Å²) in [6, 6.07) is 0.201. The molecule has 1 N–H and O–H groups in total. The lowest BCUT2D eigenvalue weighted by Crippen LogP contribution is -2.33. The highest BCUT2D eigenvalue weighted by molar-refractivity contribution is 7.15. The second kappa shape index (κ2) is 7.40. The Morgan fingerprint density at radius 2 is 2.25 bits per heavy atom. The van der Waals surface area contributed by atoms with Gasteiger partial charge in [-0.3, -0.25) is 15.0 Å². The van der Waals surface area contributed by atoms with E-state index in [2.05, 4.69) is 32.5 Å². The van der Waals surface area contributed by atoms with Crippen LogP contribution >= 0.6 is 11.3 Å². The number of nitrogens with zero attached hydrogens (tertiary/aromatic N) is 4. The molecule has 24 heavy (non-hydrogen) atoms. The van der Waals surface area contributed by atoms with Gasteiger partial charge in [0, 0.05) is 18.0 Å². The summed E-state index contributed by atoms with van der Waals surface area (Å²) in [6.07, 6.45) is 4.01. The molecule has 7 nitrogen and oxygen atoms in total. The molecule has 1 fully saturated rings. The largest absolute Gasteiger partial charge is 0.361 e. The average molecular weight is 349 g/mol. The van der Waals surface area contributed by atoms with Crippen LogP contribution in [0.2, 0.25) is 0 Å². The Morgan fingerprint density at radius 3 is 2.96 bits per heavy atom. The number of aromatic nitrogens is 3. The maximum absolute atomic E-state index is 12.4. The Kier molecular flexibility index (Phi) is 5.25. The highest BCUT2D eigenvalue weighted by Crippen LogP contribution is 2.35. The molecule has 0 aliphatic carbocycles. The van der Waals surface area contributed by atoms with E-state index in [1.165, 1.54) is 11.3 Å². The van der Waals surface area contributed by atoms with Crippen molar-refractivity contribution in [3.05, 3.63) is 22.0 Å². The molecule has 8 heteroatoms. The minimum Gasteiger partial charge on any atom is -0.361 e. The lowest BCUT2D eigenvalue weighted by Gasteiger charge is -2.23. The molecule has 0 saturated carbocycles. The quantitative estimate of drug-likeness (QED) is 0.863. The molecule has 1 aliphatic rings. The van der Waals surface area contributed by atoms with Gasteiger partial charge in [-0.1, -0.05) is 23.4 Å². The second-order valence-corrected chi connectivity index (χ2v) is 7.23. The van der Waals surface area contributed by atoms with Crippen LogP contribution in [0.15, 0.2) is 4.52 Å². The van der Waals surface area contributed by atoms with Crippen LogP contribution in [0.1, 0.15) is 54.3 Å². The number of carbonyl (C=O) groups excluding carboxylic acids is 1. The molecule has 3 rings (SSSR count). The highest BCUT2D eigenvalue weighted by atomic mass is 32.1. The van der Waals surface area contributed by atoms with E-state index >= 15 is 0 Å². The number of carbonyl (C=O) groups is 1. The van der Waals surface area contributed by atoms with Gasteiger partial charge in [-0.15, -0.1) is 10.2 Å². The van der Waals surface area contributed by atoms with E-state index in [9.17, 15) is 4.79 Å². The Bertz CT molecular complexity index is 692. The first-order valence-corrected chi connectivity index (χ1v) is 9.19. The number of nitrogens with one attached hydrogen (secondary N) is 1. The zero-order valence-corrected chi connectivity index (χ0v) is 15.2. The molecule has 1 amide bonds. The zero-order chi connectivity index (χ0) is 17.1. The average Bonchev–Trinajstić information content (AvgIpc) is 3.23. The molecule has 0 radical (unpaired) electrons. The standard InChI is InChI=1S/C16H23N5O2S/c1-4-6-14-18-19-16(24-14)17-13(22)9-21-8-5-7-12(21)15-10(2)20-23-11(15)3/h12H,4-9H2,1-3H3,(H,17,19,22). The minimum atomic E-state index is -0.0483. The third kappa shape index (κ3) is 3.64. The van der Waals surface area contributed by atoms with E-state index in [1.807, 2.05) is 13.8 Å². The summed E-state index contributed by atoms with van der Waals surface area (Å²) in [5.41, 5.74) is 2.04. The fourth-order valence-electron chi connectivity index (χ4n) is 3.27. The highest BCUT2D eigenvalue weighted by Gasteiger charge is 2.31. The smallest absolute Gasteiger partial charge is 0.240 e. The molecule has 0 bridgehead atoms. The maximum atomic E-state index is 12.4. The van der Waals surface area contributed by atoms with Gasteiger partial charge in [-0.2, -0.15) is 0 Å². The van der Waals surface area contributed by atoms with E-state index < -0.39 is 0 Å². The van der Waals surface area contributed by atoms with Gasteiger partial charge < -0.3 is 4.52 Å². The lowest BCUT2D eigenvalue weighted by atomic mass is 10.0. The third-order valence-corrected chi connectivity index (χ3v) is 5.21. The summed E-state index contributed by atoms with van der Waals surface area (Å²) in [6.45, 7) is 7.24. The van der Waals surface area contributed by atoms with Crippen LogP contribution < -0.4 is 5.32 Å². The molecule has 130 valence electrons. The minimum absolute atomic E-state index is 0.0483. The van der Waals surface area contributed by atoms with Crippen molar-refractivity contribution < 1.29 is 9.32 Å². The molecule has 1 unspecified atom stereocenters. The summed E-state index contributed by atoms with van der Waals surface area (Å²) in [7, 11) is 0. The first kappa shape index (κ1) is 17.0. The monoisotopic (exact) mass is 349 g/mol. The molecule has 0 spiro atoms. The van der Waals surface area contributed by atoms with Crippen molar-refractivity contribution in [2.45, 2.75) is 52.5 Å². The number of hydrogen-bond donors (Lipinski definition) is 1. The molecule has 0 aromatic carbocycles. The molecule has 1 atom stereocenters. The van der Waals surface area contributed by atoms with Gasteiger partial charge in [0.2, 0.25) is 11.0 Å². The van der Waals surface area contributed by atoms with Crippen LogP contribution in [-0.4, -0.2) is 39.3 Å². The Balaban J connectivity index is 1.62. The SMILES string of the molecule is CCCc1nnc(NC(=O)CN2CCCC2c2c(C)noc2C)s1. The van der Waals surface area contributed by atoms with Crippen molar-refractivity contribution in [2.75, 3.05) is 18.4 Å². The van der Waals surface area contributed by atoms with E-state index in [1.54, 1.807) is 0 Å². The van der Waals surface area contributed by atoms with Gasteiger partial charge in [0.1, 0.15) is 10.8 Å². The number of amides is 1. The van der Waals surface area contributed by atoms with Crippen molar-refractivity contribution in [3.8, 4) is 0 Å². The fourth-order valence-corrected chi connectivity index (χ4v) is 4.13. The van der Waals surface area contributed by atoms with E-state index in [0.29, 0.717) is 11.7 Å². The van der Waals surface area contributed by atoms with Gasteiger partial charge >= 0.3 is 0 Å². The molecular weight excluding hydrogens is 326 g/mol. The van der Waals surface area contributed by atoms with Crippen LogP contribution in [-0.2, 0) is 11.2 Å². The fraction of sp³-hybridized carbons (Fsp3) is 0.625. The second-order valence-electron chi connectivity index (χ2n) is 6.17. The summed E-state index contributed by atoms with van der Waals surface area (Å²) >= 11 is 1.45. The van der Waals surface area contributed by atoms with Crippen molar-refractivity contribution in [1.82, 2.24) is 20.3 Å². The number of anilines is 1. The van der Waals surface area contributed by atoms with Crippen LogP contribution in [0.5, 0.6) is 0 Å². The van der Waals surface area contributed by atoms with Crippen LogP contribution in [0, 0.1) is 13.8 Å². The lowest BCUT2D eigenvalue weighted by molar-refractivity contribution is -0.117. The molecule has 2 aromatic heterocycles. The molecule has 3 heterocycles. The van der Waals surface area contributed by atoms with Crippen molar-refractivity contribution >= 4 is 22.4 Å². The molecule has 2 aromatic rings. The number of likely N-dealkylation sites (tertiary alicyclic amines) is 1. The van der Waals surface area contributed by atoms with E-state index in [4.69, 9.17) is 4.52 Å². The Morgan fingerprint density at radius 1 is 1.42 bits per heavy atom. The predicted octanol–water partition coefficient (Wildman–Crippen LogP) is 2.87. The summed E-state index contributed by atoms with van der Waals surface area (Å²) in [5.74, 6) is 0.797. The Hall–Kier alpha value is -1.80. The summed E-state index contributed by atoms with van der Waals surface area (Å²) < 4.78 is 5.29. The number of aryl methyl sites for hydroxylation is 3. The summed E-state index contributed by atoms with van der Waals surface area (Å²) in [5, 5.41) is 16.6. The van der Waals surface area contributed by atoms with Crippen LogP contribution in [0.4, 0.5) is 5.13 Å². The molecule has 1 aliphatic heterocycles. The first-order valence-electron chi connectivity index (χ1n) is 8.37. The van der Waals surface area contributed by atoms with Crippen molar-refractivity contribution in [1.29, 1.82) is 0 Å². The normalized spacial score (nSPS) is 18.2. The molecule has 1 saturated heterocycles. The summed E-state index contributed by atoms with van der Waals surface area (Å²) in [4.78, 5) is 14.6. The topological polar surface area (TPSA) is 84.2 Å². The van der Waals surface area contributed by atoms with E-state index in [0.717, 1.165) is 54.3 Å². The van der Waals surface area contributed by atoms with E-state index in [-0.39, 0.29) is 11.9 Å². The predicted molar refractivity (Wildman–Crippen MR) is 92.1 cm³/mol. The first-order chi connectivity index (χ1) is 11.6. The van der Waals surface area contributed by atoms with Crippen LogP contribution in [0.3, 0.4) is 0 Å². The van der Waals surface area contributed by atoms with Gasteiger partial charge in [0.05, 0.1) is 12.2 Å². The Labute approximate surface area is 145 Å². The molecular formula is C16H23N5O2S. The number of rotatable bonds is 6. The van der Waals surface area contributed by atoms with Crippen molar-refractivity contribution in [2.24, 2.45) is 0 Å². The maximum Gasteiger partial charge on any atom is 0.240 e.